The number of para-hydroxylation sites is 2. The number of carbonyl (C=O) groups excluding carboxylic acids is 1. The predicted molar refractivity (Wildman–Crippen MR) is 79.3 cm³/mol. The van der Waals surface area contributed by atoms with Crippen LogP contribution in [0.15, 0.2) is 30.6 Å². The minimum atomic E-state index is -0.268. The van der Waals surface area contributed by atoms with Crippen molar-refractivity contribution in [3.8, 4) is 5.75 Å². The summed E-state index contributed by atoms with van der Waals surface area (Å²) in [4.78, 5) is 21.6. The summed E-state index contributed by atoms with van der Waals surface area (Å²) >= 11 is 0. The number of benzene rings is 1. The molecule has 1 aliphatic rings. The summed E-state index contributed by atoms with van der Waals surface area (Å²) in [5.74, 6) is 0.692. The largest absolute Gasteiger partial charge is 0.495 e. The van der Waals surface area contributed by atoms with E-state index < -0.39 is 0 Å². The molecule has 0 saturated carbocycles. The first kappa shape index (κ1) is 13.6. The second-order valence-corrected chi connectivity index (χ2v) is 5.03. The number of aromatic nitrogens is 2. The average Bonchev–Trinajstić information content (AvgIpc) is 3.00. The number of nitrogens with one attached hydrogen (secondary N) is 2. The van der Waals surface area contributed by atoms with Crippen LogP contribution in [0.1, 0.15) is 11.4 Å². The molecule has 2 N–H and O–H groups in total. The number of aromatic amines is 1. The van der Waals surface area contributed by atoms with Gasteiger partial charge in [-0.2, -0.15) is 0 Å². The van der Waals surface area contributed by atoms with E-state index in [0.717, 1.165) is 17.1 Å². The van der Waals surface area contributed by atoms with Gasteiger partial charge in [0.2, 0.25) is 5.91 Å². The highest BCUT2D eigenvalue weighted by Crippen LogP contribution is 2.27. The molecule has 0 spiro atoms. The maximum Gasteiger partial charge on any atom is 0.244 e. The highest BCUT2D eigenvalue weighted by atomic mass is 16.5. The Bertz CT molecular complexity index is 653. The highest BCUT2D eigenvalue weighted by molar-refractivity contribution is 5.98. The number of H-pyrrole nitrogens is 1. The van der Waals surface area contributed by atoms with Crippen LogP contribution in [0.4, 0.5) is 5.69 Å². The molecule has 0 saturated heterocycles. The Morgan fingerprint density at radius 1 is 1.43 bits per heavy atom. The molecule has 2 heterocycles. The van der Waals surface area contributed by atoms with Crippen molar-refractivity contribution in [2.45, 2.75) is 19.0 Å². The van der Waals surface area contributed by atoms with Gasteiger partial charge in [-0.25, -0.2) is 4.98 Å². The van der Waals surface area contributed by atoms with Crippen LogP contribution in [-0.2, 0) is 17.8 Å². The van der Waals surface area contributed by atoms with Gasteiger partial charge in [0.25, 0.3) is 0 Å². The number of imidazole rings is 1. The fraction of sp³-hybridized carbons (Fsp3) is 0.333. The second-order valence-electron chi connectivity index (χ2n) is 5.03. The topological polar surface area (TPSA) is 70.2 Å². The predicted octanol–water partition coefficient (Wildman–Crippen LogP) is 1.10. The van der Waals surface area contributed by atoms with Crippen molar-refractivity contribution >= 4 is 11.6 Å². The Balaban J connectivity index is 1.79. The van der Waals surface area contributed by atoms with Crippen molar-refractivity contribution in [2.75, 3.05) is 19.1 Å². The van der Waals surface area contributed by atoms with Crippen molar-refractivity contribution < 1.29 is 9.53 Å². The molecule has 0 aliphatic carbocycles. The quantitative estimate of drug-likeness (QED) is 0.886. The number of fused-ring (bicyclic) bond motifs is 1. The summed E-state index contributed by atoms with van der Waals surface area (Å²) in [6, 6.07) is 7.23. The van der Waals surface area contributed by atoms with Gasteiger partial charge in [0.05, 0.1) is 36.6 Å². The molecule has 1 aromatic heterocycles. The SMILES string of the molecule is COc1ccccc1N(C)C(=O)C1Cc2nc[nH]c2CN1. The summed E-state index contributed by atoms with van der Waals surface area (Å²) < 4.78 is 5.32. The van der Waals surface area contributed by atoms with Gasteiger partial charge < -0.3 is 14.6 Å². The van der Waals surface area contributed by atoms with E-state index in [1.807, 2.05) is 24.3 Å². The van der Waals surface area contributed by atoms with E-state index in [0.29, 0.717) is 18.7 Å². The first-order valence-corrected chi connectivity index (χ1v) is 6.86. The minimum Gasteiger partial charge on any atom is -0.495 e. The molecule has 6 heteroatoms. The second kappa shape index (κ2) is 5.57. The third-order valence-electron chi connectivity index (χ3n) is 3.81. The van der Waals surface area contributed by atoms with Gasteiger partial charge in [-0.1, -0.05) is 12.1 Å². The smallest absolute Gasteiger partial charge is 0.244 e. The van der Waals surface area contributed by atoms with E-state index in [1.165, 1.54) is 0 Å². The zero-order valence-corrected chi connectivity index (χ0v) is 12.1. The Kier molecular flexibility index (Phi) is 3.62. The number of methoxy groups -OCH3 is 1. The lowest BCUT2D eigenvalue weighted by atomic mass is 10.0. The molecule has 21 heavy (non-hydrogen) atoms. The van der Waals surface area contributed by atoms with Gasteiger partial charge in [-0.05, 0) is 12.1 Å². The molecular weight excluding hydrogens is 268 g/mol. The van der Waals surface area contributed by atoms with Gasteiger partial charge in [-0.3, -0.25) is 10.1 Å². The van der Waals surface area contributed by atoms with E-state index in [-0.39, 0.29) is 11.9 Å². The number of carbonyl (C=O) groups is 1. The molecule has 1 aromatic carbocycles. The Labute approximate surface area is 123 Å². The first-order chi connectivity index (χ1) is 10.2. The van der Waals surface area contributed by atoms with Crippen molar-refractivity contribution in [3.05, 3.63) is 42.0 Å². The molecule has 0 fully saturated rings. The number of nitrogens with zero attached hydrogens (tertiary/aromatic N) is 2. The third kappa shape index (κ3) is 2.50. The van der Waals surface area contributed by atoms with Crippen LogP contribution in [-0.4, -0.2) is 36.1 Å². The van der Waals surface area contributed by atoms with Gasteiger partial charge >= 0.3 is 0 Å². The molecule has 6 nitrogen and oxygen atoms in total. The number of ether oxygens (including phenoxy) is 1. The lowest BCUT2D eigenvalue weighted by Gasteiger charge is -2.27. The average molecular weight is 286 g/mol. The van der Waals surface area contributed by atoms with Crippen LogP contribution in [0.3, 0.4) is 0 Å². The normalized spacial score (nSPS) is 17.1. The van der Waals surface area contributed by atoms with Crippen LogP contribution >= 0.6 is 0 Å². The molecule has 1 unspecified atom stereocenters. The summed E-state index contributed by atoms with van der Waals surface area (Å²) in [6.07, 6.45) is 2.26. The van der Waals surface area contributed by atoms with Crippen LogP contribution in [0.5, 0.6) is 5.75 Å². The van der Waals surface area contributed by atoms with Crippen LogP contribution < -0.4 is 15.0 Å². The molecule has 0 bridgehead atoms. The van der Waals surface area contributed by atoms with Crippen molar-refractivity contribution in [1.29, 1.82) is 0 Å². The maximum absolute atomic E-state index is 12.7. The van der Waals surface area contributed by atoms with Gasteiger partial charge in [-0.15, -0.1) is 0 Å². The number of anilines is 1. The summed E-state index contributed by atoms with van der Waals surface area (Å²) in [5, 5.41) is 3.25. The molecule has 0 radical (unpaired) electrons. The van der Waals surface area contributed by atoms with Crippen molar-refractivity contribution in [2.24, 2.45) is 0 Å². The van der Waals surface area contributed by atoms with E-state index in [9.17, 15) is 4.79 Å². The van der Waals surface area contributed by atoms with Gasteiger partial charge in [0, 0.05) is 20.0 Å². The molecule has 1 aliphatic heterocycles. The van der Waals surface area contributed by atoms with Gasteiger partial charge in [0.15, 0.2) is 0 Å². The van der Waals surface area contributed by atoms with E-state index in [1.54, 1.807) is 25.4 Å². The monoisotopic (exact) mass is 286 g/mol. The molecule has 110 valence electrons. The number of rotatable bonds is 3. The molecule has 1 atom stereocenters. The highest BCUT2D eigenvalue weighted by Gasteiger charge is 2.29. The fourth-order valence-electron chi connectivity index (χ4n) is 2.60. The Morgan fingerprint density at radius 3 is 3.05 bits per heavy atom. The Hall–Kier alpha value is -2.34. The molecule has 2 aromatic rings. The lowest BCUT2D eigenvalue weighted by Crippen LogP contribution is -2.48. The standard InChI is InChI=1S/C15H18N4O2/c1-19(13-5-3-4-6-14(13)21-2)15(20)11-7-10-12(8-16-11)18-9-17-10/h3-6,9,11,16H,7-8H2,1-2H3,(H,17,18). The van der Waals surface area contributed by atoms with E-state index in [2.05, 4.69) is 15.3 Å². The number of amides is 1. The number of hydrogen-bond donors (Lipinski definition) is 2. The van der Waals surface area contributed by atoms with Crippen molar-refractivity contribution in [3.63, 3.8) is 0 Å². The number of likely N-dealkylation sites (N-methyl/N-ethyl adjacent to an activating group) is 1. The van der Waals surface area contributed by atoms with E-state index >= 15 is 0 Å². The Morgan fingerprint density at radius 2 is 2.24 bits per heavy atom. The zero-order chi connectivity index (χ0) is 14.8. The summed E-state index contributed by atoms with van der Waals surface area (Å²) in [7, 11) is 3.37. The summed E-state index contributed by atoms with van der Waals surface area (Å²) in [5.41, 5.74) is 2.78. The van der Waals surface area contributed by atoms with Crippen LogP contribution in [0.25, 0.3) is 0 Å². The van der Waals surface area contributed by atoms with Crippen molar-refractivity contribution in [1.82, 2.24) is 15.3 Å². The minimum absolute atomic E-state index is 0.00755. The zero-order valence-electron chi connectivity index (χ0n) is 12.1. The molecular formula is C15H18N4O2. The van der Waals surface area contributed by atoms with E-state index in [4.69, 9.17) is 4.74 Å². The van der Waals surface area contributed by atoms with Gasteiger partial charge in [0.1, 0.15) is 5.75 Å². The first-order valence-electron chi connectivity index (χ1n) is 6.86. The van der Waals surface area contributed by atoms with Crippen LogP contribution in [0.2, 0.25) is 0 Å². The van der Waals surface area contributed by atoms with Crippen LogP contribution in [0, 0.1) is 0 Å². The summed E-state index contributed by atoms with van der Waals surface area (Å²) in [6.45, 7) is 0.630. The number of hydrogen-bond acceptors (Lipinski definition) is 4. The lowest BCUT2D eigenvalue weighted by molar-refractivity contribution is -0.120. The third-order valence-corrected chi connectivity index (χ3v) is 3.81. The molecule has 1 amide bonds. The fourth-order valence-corrected chi connectivity index (χ4v) is 2.60. The maximum atomic E-state index is 12.7. The molecule has 3 rings (SSSR count).